The van der Waals surface area contributed by atoms with Crippen LogP contribution in [-0.2, 0) is 12.8 Å². The highest BCUT2D eigenvalue weighted by atomic mass is 32.1. The lowest BCUT2D eigenvalue weighted by Crippen LogP contribution is -3.00. The summed E-state index contributed by atoms with van der Waals surface area (Å²) in [5.74, 6) is 0.706. The molecule has 0 saturated heterocycles. The summed E-state index contributed by atoms with van der Waals surface area (Å²) in [7, 11) is 0. The van der Waals surface area contributed by atoms with Gasteiger partial charge in [-0.3, -0.25) is 4.79 Å². The van der Waals surface area contributed by atoms with Gasteiger partial charge in [0.05, 0.1) is 0 Å². The fourth-order valence-electron chi connectivity index (χ4n) is 2.62. The van der Waals surface area contributed by atoms with Gasteiger partial charge >= 0.3 is 5.56 Å². The van der Waals surface area contributed by atoms with Crippen molar-refractivity contribution in [1.29, 1.82) is 0 Å². The van der Waals surface area contributed by atoms with Gasteiger partial charge in [0, 0.05) is 18.0 Å². The fraction of sp³-hybridized carbons (Fsp3) is 0.385. The van der Waals surface area contributed by atoms with Crippen LogP contribution < -0.4 is 15.7 Å². The van der Waals surface area contributed by atoms with Gasteiger partial charge in [0.25, 0.3) is 5.69 Å². The first-order valence-corrected chi connectivity index (χ1v) is 7.58. The summed E-state index contributed by atoms with van der Waals surface area (Å²) in [5.41, 5.74) is 0.441. The molecular formula is C13H16N4O3S. The highest BCUT2D eigenvalue weighted by Crippen LogP contribution is 2.25. The molecule has 112 valence electrons. The minimum atomic E-state index is -1.24. The zero-order valence-corrected chi connectivity index (χ0v) is 12.4. The molecule has 21 heavy (non-hydrogen) atoms. The van der Waals surface area contributed by atoms with E-state index in [0.717, 1.165) is 12.8 Å². The molecule has 7 nitrogen and oxygen atoms in total. The molecule has 3 rings (SSSR count). The number of aromatic amines is 1. The maximum absolute atomic E-state index is 11.9. The van der Waals surface area contributed by atoms with Gasteiger partial charge in [-0.25, -0.2) is 10.2 Å². The molecule has 3 N–H and O–H groups in total. The molecule has 8 heteroatoms. The maximum Gasteiger partial charge on any atom is 0.318 e. The van der Waals surface area contributed by atoms with Gasteiger partial charge in [-0.2, -0.15) is 5.23 Å². The van der Waals surface area contributed by atoms with Crippen molar-refractivity contribution in [2.75, 3.05) is 18.0 Å². The van der Waals surface area contributed by atoms with Crippen molar-refractivity contribution in [1.82, 2.24) is 9.97 Å². The predicted molar refractivity (Wildman–Crippen MR) is 79.3 cm³/mol. The molecule has 0 fully saturated rings. The molecule has 3 heterocycles. The van der Waals surface area contributed by atoms with Gasteiger partial charge in [-0.15, -0.1) is 11.3 Å². The van der Waals surface area contributed by atoms with Gasteiger partial charge in [0.15, 0.2) is 0 Å². The van der Waals surface area contributed by atoms with E-state index < -0.39 is 10.8 Å². The molecule has 0 aliphatic carbocycles. The second-order valence-electron chi connectivity index (χ2n) is 5.01. The molecule has 0 radical (unpaired) electrons. The van der Waals surface area contributed by atoms with Gasteiger partial charge in [0.2, 0.25) is 5.82 Å². The van der Waals surface area contributed by atoms with Gasteiger partial charge in [0.1, 0.15) is 5.82 Å². The highest BCUT2D eigenvalue weighted by molar-refractivity contribution is 7.10. The van der Waals surface area contributed by atoms with Crippen LogP contribution in [0.25, 0.3) is 0 Å². The lowest BCUT2D eigenvalue weighted by atomic mass is 10.2. The molecule has 2 aromatic heterocycles. The van der Waals surface area contributed by atoms with Crippen LogP contribution in [0.3, 0.4) is 0 Å². The number of aryl methyl sites for hydroxylation is 1. The van der Waals surface area contributed by atoms with Crippen LogP contribution in [0.4, 0.5) is 11.5 Å². The second kappa shape index (κ2) is 5.57. The van der Waals surface area contributed by atoms with E-state index in [1.807, 2.05) is 4.90 Å². The number of fused-ring (bicyclic) bond motifs is 1. The Morgan fingerprint density at radius 2 is 2.24 bits per heavy atom. The van der Waals surface area contributed by atoms with Crippen LogP contribution >= 0.6 is 11.3 Å². The van der Waals surface area contributed by atoms with E-state index in [1.54, 1.807) is 18.3 Å². The maximum atomic E-state index is 11.9. The Bertz CT molecular complexity index is 687. The number of thiophene rings is 1. The SMILES string of the molecule is Cc1nc(N2CCc3ccsc3CC2)c([NH+]([O-])O)c(=O)[nH]1. The van der Waals surface area contributed by atoms with E-state index in [2.05, 4.69) is 21.4 Å². The third-order valence-electron chi connectivity index (χ3n) is 3.63. The van der Waals surface area contributed by atoms with Crippen LogP contribution in [0.15, 0.2) is 16.2 Å². The molecule has 0 aromatic carbocycles. The van der Waals surface area contributed by atoms with E-state index >= 15 is 0 Å². The molecule has 0 saturated carbocycles. The van der Waals surface area contributed by atoms with E-state index in [9.17, 15) is 15.2 Å². The monoisotopic (exact) mass is 308 g/mol. The summed E-state index contributed by atoms with van der Waals surface area (Å²) >= 11 is 1.72. The van der Waals surface area contributed by atoms with Crippen molar-refractivity contribution < 1.29 is 10.4 Å². The molecule has 1 aliphatic rings. The molecule has 0 spiro atoms. The molecule has 2 aromatic rings. The normalized spacial score (nSPS) is 16.4. The number of quaternary nitrogens is 1. The number of hydrogen-bond acceptors (Lipinski definition) is 6. The van der Waals surface area contributed by atoms with E-state index in [4.69, 9.17) is 0 Å². The Hall–Kier alpha value is -1.74. The van der Waals surface area contributed by atoms with Crippen molar-refractivity contribution in [2.24, 2.45) is 0 Å². The van der Waals surface area contributed by atoms with E-state index in [0.29, 0.717) is 18.9 Å². The number of rotatable bonds is 2. The van der Waals surface area contributed by atoms with Gasteiger partial charge in [-0.1, -0.05) is 0 Å². The first-order chi connectivity index (χ1) is 10.1. The van der Waals surface area contributed by atoms with Crippen LogP contribution in [0.5, 0.6) is 0 Å². The zero-order valence-electron chi connectivity index (χ0n) is 11.5. The Kier molecular flexibility index (Phi) is 3.77. The summed E-state index contributed by atoms with van der Waals surface area (Å²) in [6, 6.07) is 2.11. The number of aromatic nitrogens is 2. The summed E-state index contributed by atoms with van der Waals surface area (Å²) in [4.78, 5) is 21.8. The smallest absolute Gasteiger partial charge is 0.318 e. The van der Waals surface area contributed by atoms with Crippen molar-refractivity contribution in [3.63, 3.8) is 0 Å². The van der Waals surface area contributed by atoms with Crippen molar-refractivity contribution in [3.8, 4) is 0 Å². The Morgan fingerprint density at radius 1 is 1.48 bits per heavy atom. The van der Waals surface area contributed by atoms with Crippen molar-refractivity contribution in [2.45, 2.75) is 19.8 Å². The molecule has 1 atom stereocenters. The molecular weight excluding hydrogens is 292 g/mol. The fourth-order valence-corrected chi connectivity index (χ4v) is 3.54. The largest absolute Gasteiger partial charge is 0.595 e. The molecule has 1 unspecified atom stereocenters. The van der Waals surface area contributed by atoms with Gasteiger partial charge < -0.3 is 15.1 Å². The quantitative estimate of drug-likeness (QED) is 0.686. The molecule has 0 bridgehead atoms. The van der Waals surface area contributed by atoms with E-state index in [-0.39, 0.29) is 11.5 Å². The Morgan fingerprint density at radius 3 is 3.00 bits per heavy atom. The summed E-state index contributed by atoms with van der Waals surface area (Å²) in [6.45, 7) is 2.99. The first-order valence-electron chi connectivity index (χ1n) is 6.70. The number of H-pyrrole nitrogens is 1. The zero-order chi connectivity index (χ0) is 15.0. The lowest BCUT2D eigenvalue weighted by molar-refractivity contribution is -0.991. The third kappa shape index (κ3) is 2.70. The first kappa shape index (κ1) is 14.2. The summed E-state index contributed by atoms with van der Waals surface area (Å²) in [6.07, 6.45) is 1.69. The van der Waals surface area contributed by atoms with Crippen molar-refractivity contribution in [3.05, 3.63) is 43.3 Å². The number of nitrogens with zero attached hydrogens (tertiary/aromatic N) is 2. The van der Waals surface area contributed by atoms with Crippen LogP contribution in [0.2, 0.25) is 0 Å². The Labute approximate surface area is 125 Å². The number of nitrogens with one attached hydrogen (secondary N) is 2. The average molecular weight is 308 g/mol. The van der Waals surface area contributed by atoms with Crippen molar-refractivity contribution >= 4 is 22.8 Å². The van der Waals surface area contributed by atoms with Gasteiger partial charge in [-0.05, 0) is 36.8 Å². The number of anilines is 1. The van der Waals surface area contributed by atoms with Crippen LogP contribution in [0.1, 0.15) is 16.3 Å². The van der Waals surface area contributed by atoms with Crippen LogP contribution in [0, 0.1) is 12.1 Å². The van der Waals surface area contributed by atoms with E-state index in [1.165, 1.54) is 10.4 Å². The Balaban J connectivity index is 1.97. The average Bonchev–Trinajstić information content (AvgIpc) is 2.76. The highest BCUT2D eigenvalue weighted by Gasteiger charge is 2.24. The lowest BCUT2D eigenvalue weighted by Gasteiger charge is -2.24. The topological polar surface area (TPSA) is 96.7 Å². The predicted octanol–water partition coefficient (Wildman–Crippen LogP) is 0.148. The standard InChI is InChI=1S/C13H16N4O3S/c1-8-14-12(11(17(19)20)13(18)15-8)16-5-2-9-4-7-21-10(9)3-6-16/h4,7,17,19H,2-3,5-6H2,1H3,(H,14,15,18). The minimum Gasteiger partial charge on any atom is -0.595 e. The second-order valence-corrected chi connectivity index (χ2v) is 6.01. The molecule has 1 aliphatic heterocycles. The summed E-state index contributed by atoms with van der Waals surface area (Å²) < 4.78 is 0. The molecule has 0 amide bonds. The summed E-state index contributed by atoms with van der Waals surface area (Å²) in [5, 5.41) is 21.5. The minimum absolute atomic E-state index is 0.272. The number of hydrogen-bond donors (Lipinski definition) is 3. The third-order valence-corrected chi connectivity index (χ3v) is 4.65. The van der Waals surface area contributed by atoms with Crippen LogP contribution in [-0.4, -0.2) is 28.3 Å².